The van der Waals surface area contributed by atoms with Gasteiger partial charge >= 0.3 is 0 Å². The molecule has 1 N–H and O–H groups in total. The predicted octanol–water partition coefficient (Wildman–Crippen LogP) is 1.80. The van der Waals surface area contributed by atoms with Gasteiger partial charge in [-0.3, -0.25) is 0 Å². The van der Waals surface area contributed by atoms with E-state index in [1.165, 1.54) is 0 Å². The van der Waals surface area contributed by atoms with E-state index in [-0.39, 0.29) is 6.04 Å². The third-order valence-corrected chi connectivity index (χ3v) is 3.05. The average Bonchev–Trinajstić information content (AvgIpc) is 2.30. The first-order valence-corrected chi connectivity index (χ1v) is 5.45. The molecule has 2 atom stereocenters. The van der Waals surface area contributed by atoms with E-state index >= 15 is 0 Å². The maximum Gasteiger partial charge on any atom is 0.157 e. The highest BCUT2D eigenvalue weighted by molar-refractivity contribution is 5.12. The number of halogens is 1. The van der Waals surface area contributed by atoms with Gasteiger partial charge in [0.05, 0.1) is 0 Å². The lowest BCUT2D eigenvalue weighted by Gasteiger charge is -2.34. The van der Waals surface area contributed by atoms with Crippen molar-refractivity contribution in [1.29, 1.82) is 0 Å². The smallest absolute Gasteiger partial charge is 0.157 e. The standard InChI is InChI=1S/C11H16FN3/c1-2-9-8-11(12,5-7-13-9)10-4-3-6-14-15-10/h3-4,6,9,13H,2,5,7-8H2,1H3. The quantitative estimate of drug-likeness (QED) is 0.807. The minimum absolute atomic E-state index is 0.255. The summed E-state index contributed by atoms with van der Waals surface area (Å²) in [5, 5.41) is 10.9. The third-order valence-electron chi connectivity index (χ3n) is 3.05. The Morgan fingerprint density at radius 2 is 2.53 bits per heavy atom. The minimum atomic E-state index is -1.29. The second-order valence-electron chi connectivity index (χ2n) is 4.09. The number of rotatable bonds is 2. The Kier molecular flexibility index (Phi) is 2.95. The Morgan fingerprint density at radius 3 is 3.20 bits per heavy atom. The lowest BCUT2D eigenvalue weighted by atomic mass is 9.85. The molecule has 2 unspecified atom stereocenters. The number of hydrogen-bond acceptors (Lipinski definition) is 3. The molecule has 0 saturated carbocycles. The number of nitrogens with one attached hydrogen (secondary N) is 1. The van der Waals surface area contributed by atoms with Crippen molar-refractivity contribution in [2.75, 3.05) is 6.54 Å². The van der Waals surface area contributed by atoms with E-state index < -0.39 is 5.67 Å². The highest BCUT2D eigenvalue weighted by atomic mass is 19.1. The van der Waals surface area contributed by atoms with Crippen LogP contribution in [0.4, 0.5) is 4.39 Å². The monoisotopic (exact) mass is 209 g/mol. The third kappa shape index (κ3) is 2.15. The van der Waals surface area contributed by atoms with Gasteiger partial charge in [0.1, 0.15) is 5.69 Å². The first-order chi connectivity index (χ1) is 7.24. The molecule has 2 heterocycles. The van der Waals surface area contributed by atoms with Crippen molar-refractivity contribution in [3.05, 3.63) is 24.0 Å². The van der Waals surface area contributed by atoms with Crippen molar-refractivity contribution in [3.63, 3.8) is 0 Å². The zero-order valence-corrected chi connectivity index (χ0v) is 8.91. The van der Waals surface area contributed by atoms with Gasteiger partial charge in [-0.05, 0) is 31.5 Å². The van der Waals surface area contributed by atoms with Gasteiger partial charge in [-0.15, -0.1) is 0 Å². The first-order valence-electron chi connectivity index (χ1n) is 5.45. The van der Waals surface area contributed by atoms with Gasteiger partial charge in [0.15, 0.2) is 5.67 Å². The van der Waals surface area contributed by atoms with Crippen LogP contribution in [0.25, 0.3) is 0 Å². The first kappa shape index (κ1) is 10.5. The van der Waals surface area contributed by atoms with Crippen molar-refractivity contribution >= 4 is 0 Å². The number of alkyl halides is 1. The van der Waals surface area contributed by atoms with Gasteiger partial charge in [0.2, 0.25) is 0 Å². The van der Waals surface area contributed by atoms with Crippen LogP contribution in [0.3, 0.4) is 0 Å². The average molecular weight is 209 g/mol. The summed E-state index contributed by atoms with van der Waals surface area (Å²) < 4.78 is 14.6. The molecule has 2 rings (SSSR count). The van der Waals surface area contributed by atoms with Gasteiger partial charge in [0.25, 0.3) is 0 Å². The molecule has 0 spiro atoms. The fraction of sp³-hybridized carbons (Fsp3) is 0.636. The predicted molar refractivity (Wildman–Crippen MR) is 56.1 cm³/mol. The van der Waals surface area contributed by atoms with E-state index in [4.69, 9.17) is 0 Å². The molecule has 3 nitrogen and oxygen atoms in total. The zero-order chi connectivity index (χ0) is 10.7. The van der Waals surface area contributed by atoms with Gasteiger partial charge < -0.3 is 5.32 Å². The van der Waals surface area contributed by atoms with E-state index in [9.17, 15) is 4.39 Å². The molecule has 0 radical (unpaired) electrons. The van der Waals surface area contributed by atoms with E-state index in [0.717, 1.165) is 6.42 Å². The van der Waals surface area contributed by atoms with Crippen LogP contribution >= 0.6 is 0 Å². The van der Waals surface area contributed by atoms with Crippen molar-refractivity contribution < 1.29 is 4.39 Å². The summed E-state index contributed by atoms with van der Waals surface area (Å²) >= 11 is 0. The number of piperidine rings is 1. The maximum absolute atomic E-state index is 14.6. The fourth-order valence-corrected chi connectivity index (χ4v) is 2.10. The molecule has 1 fully saturated rings. The molecule has 1 aromatic rings. The summed E-state index contributed by atoms with van der Waals surface area (Å²) in [6.45, 7) is 2.78. The number of hydrogen-bond donors (Lipinski definition) is 1. The second kappa shape index (κ2) is 4.23. The van der Waals surface area contributed by atoms with Crippen LogP contribution in [0.5, 0.6) is 0 Å². The topological polar surface area (TPSA) is 37.8 Å². The molecule has 1 aliphatic rings. The van der Waals surface area contributed by atoms with Gasteiger partial charge in [0, 0.05) is 18.7 Å². The molecule has 82 valence electrons. The highest BCUT2D eigenvalue weighted by Crippen LogP contribution is 2.35. The molecule has 4 heteroatoms. The summed E-state index contributed by atoms with van der Waals surface area (Å²) in [6, 6.07) is 3.73. The molecule has 0 bridgehead atoms. The molecule has 0 aliphatic carbocycles. The van der Waals surface area contributed by atoms with E-state index in [2.05, 4.69) is 22.4 Å². The van der Waals surface area contributed by atoms with Crippen LogP contribution in [0.2, 0.25) is 0 Å². The Labute approximate surface area is 89.1 Å². The largest absolute Gasteiger partial charge is 0.314 e. The highest BCUT2D eigenvalue weighted by Gasteiger charge is 2.38. The van der Waals surface area contributed by atoms with Crippen molar-refractivity contribution in [1.82, 2.24) is 15.5 Å². The Hall–Kier alpha value is -1.03. The molecule has 15 heavy (non-hydrogen) atoms. The van der Waals surface area contributed by atoms with Crippen LogP contribution in [0.15, 0.2) is 18.3 Å². The number of aromatic nitrogens is 2. The second-order valence-corrected chi connectivity index (χ2v) is 4.09. The minimum Gasteiger partial charge on any atom is -0.314 e. The molecule has 1 aliphatic heterocycles. The van der Waals surface area contributed by atoms with Crippen LogP contribution in [0, 0.1) is 0 Å². The molecule has 1 aromatic heterocycles. The SMILES string of the molecule is CCC1CC(F)(c2cccnn2)CCN1. The lowest BCUT2D eigenvalue weighted by molar-refractivity contribution is 0.0836. The van der Waals surface area contributed by atoms with Crippen LogP contribution in [-0.4, -0.2) is 22.8 Å². The summed E-state index contributed by atoms with van der Waals surface area (Å²) in [5.41, 5.74) is -0.815. The van der Waals surface area contributed by atoms with Crippen LogP contribution in [-0.2, 0) is 5.67 Å². The van der Waals surface area contributed by atoms with Gasteiger partial charge in [-0.1, -0.05) is 6.92 Å². The molecule has 0 amide bonds. The van der Waals surface area contributed by atoms with Gasteiger partial charge in [-0.2, -0.15) is 10.2 Å². The molecular weight excluding hydrogens is 193 g/mol. The Balaban J connectivity index is 2.19. The maximum atomic E-state index is 14.6. The van der Waals surface area contributed by atoms with Crippen molar-refractivity contribution in [2.24, 2.45) is 0 Å². The molecule has 1 saturated heterocycles. The Morgan fingerprint density at radius 1 is 1.67 bits per heavy atom. The zero-order valence-electron chi connectivity index (χ0n) is 8.91. The summed E-state index contributed by atoms with van der Waals surface area (Å²) in [6.07, 6.45) is 3.52. The van der Waals surface area contributed by atoms with E-state index in [1.807, 2.05) is 0 Å². The van der Waals surface area contributed by atoms with Gasteiger partial charge in [-0.25, -0.2) is 4.39 Å². The van der Waals surface area contributed by atoms with E-state index in [1.54, 1.807) is 18.3 Å². The van der Waals surface area contributed by atoms with Crippen LogP contribution in [0.1, 0.15) is 31.9 Å². The van der Waals surface area contributed by atoms with Crippen molar-refractivity contribution in [2.45, 2.75) is 37.9 Å². The summed E-state index contributed by atoms with van der Waals surface area (Å²) in [7, 11) is 0. The lowest BCUT2D eigenvalue weighted by Crippen LogP contribution is -2.44. The normalized spacial score (nSPS) is 31.5. The van der Waals surface area contributed by atoms with E-state index in [0.29, 0.717) is 25.1 Å². The number of nitrogens with zero attached hydrogens (tertiary/aromatic N) is 2. The molecule has 0 aromatic carbocycles. The summed E-state index contributed by atoms with van der Waals surface area (Å²) in [5.74, 6) is 0. The van der Waals surface area contributed by atoms with Crippen molar-refractivity contribution in [3.8, 4) is 0 Å². The molecular formula is C11H16FN3. The fourth-order valence-electron chi connectivity index (χ4n) is 2.10. The Bertz CT molecular complexity index is 317. The summed E-state index contributed by atoms with van der Waals surface area (Å²) in [4.78, 5) is 0. The van der Waals surface area contributed by atoms with Crippen LogP contribution < -0.4 is 5.32 Å².